The monoisotopic (exact) mass is 410 g/mol. The molecule has 2 aromatic rings. The van der Waals surface area contributed by atoms with E-state index in [0.29, 0.717) is 13.2 Å². The Morgan fingerprint density at radius 1 is 1.00 bits per heavy atom. The molecule has 0 atom stereocenters. The molecule has 0 aliphatic carbocycles. The zero-order valence-electron chi connectivity index (χ0n) is 18.0. The number of rotatable bonds is 10. The SMILES string of the molecule is CCNC(=NCc1ccc(CN2CCOCC2)cc1)NCCCOc1ccccc1. The molecule has 2 N–H and O–H groups in total. The number of guanidine groups is 1. The van der Waals surface area contributed by atoms with Crippen LogP contribution in [0.25, 0.3) is 0 Å². The van der Waals surface area contributed by atoms with Gasteiger partial charge in [-0.25, -0.2) is 4.99 Å². The van der Waals surface area contributed by atoms with E-state index in [1.165, 1.54) is 11.1 Å². The Morgan fingerprint density at radius 2 is 1.73 bits per heavy atom. The fourth-order valence-corrected chi connectivity index (χ4v) is 3.27. The molecule has 2 aromatic carbocycles. The van der Waals surface area contributed by atoms with Crippen molar-refractivity contribution in [3.05, 3.63) is 65.7 Å². The predicted molar refractivity (Wildman–Crippen MR) is 122 cm³/mol. The Kier molecular flexibility index (Phi) is 9.50. The zero-order valence-corrected chi connectivity index (χ0v) is 18.0. The third-order valence-corrected chi connectivity index (χ3v) is 4.92. The highest BCUT2D eigenvalue weighted by Crippen LogP contribution is 2.10. The molecule has 6 heteroatoms. The minimum atomic E-state index is 0.660. The van der Waals surface area contributed by atoms with E-state index < -0.39 is 0 Å². The molecule has 3 rings (SSSR count). The number of benzene rings is 2. The number of aliphatic imine (C=N–C) groups is 1. The maximum absolute atomic E-state index is 5.73. The van der Waals surface area contributed by atoms with Crippen LogP contribution in [0.3, 0.4) is 0 Å². The van der Waals surface area contributed by atoms with Crippen LogP contribution < -0.4 is 15.4 Å². The molecule has 0 bridgehead atoms. The smallest absolute Gasteiger partial charge is 0.191 e. The fraction of sp³-hybridized carbons (Fsp3) is 0.458. The standard InChI is InChI=1S/C24H34N4O2/c1-2-25-24(26-13-6-16-30-23-7-4-3-5-8-23)27-19-21-9-11-22(12-10-21)20-28-14-17-29-18-15-28/h3-5,7-12H,2,6,13-20H2,1H3,(H2,25,26,27). The third kappa shape index (κ3) is 8.05. The summed E-state index contributed by atoms with van der Waals surface area (Å²) in [6.07, 6.45) is 0.912. The van der Waals surface area contributed by atoms with E-state index in [2.05, 4.69) is 46.7 Å². The number of nitrogens with one attached hydrogen (secondary N) is 2. The van der Waals surface area contributed by atoms with Crippen molar-refractivity contribution in [1.29, 1.82) is 0 Å². The molecule has 0 radical (unpaired) electrons. The number of morpholine rings is 1. The second-order valence-electron chi connectivity index (χ2n) is 7.34. The van der Waals surface area contributed by atoms with Gasteiger partial charge >= 0.3 is 0 Å². The van der Waals surface area contributed by atoms with Crippen LogP contribution in [-0.2, 0) is 17.8 Å². The van der Waals surface area contributed by atoms with Crippen molar-refractivity contribution in [2.24, 2.45) is 4.99 Å². The van der Waals surface area contributed by atoms with Crippen molar-refractivity contribution in [2.75, 3.05) is 46.0 Å². The number of para-hydroxylation sites is 1. The van der Waals surface area contributed by atoms with E-state index in [-0.39, 0.29) is 0 Å². The lowest BCUT2D eigenvalue weighted by molar-refractivity contribution is 0.0342. The van der Waals surface area contributed by atoms with Gasteiger partial charge in [-0.3, -0.25) is 4.90 Å². The summed E-state index contributed by atoms with van der Waals surface area (Å²) in [5, 5.41) is 6.69. The van der Waals surface area contributed by atoms with Crippen molar-refractivity contribution in [2.45, 2.75) is 26.4 Å². The summed E-state index contributed by atoms with van der Waals surface area (Å²) in [6, 6.07) is 18.7. The van der Waals surface area contributed by atoms with E-state index in [1.807, 2.05) is 30.3 Å². The molecule has 1 aliphatic rings. The number of nitrogens with zero attached hydrogens (tertiary/aromatic N) is 2. The molecule has 0 aromatic heterocycles. The Morgan fingerprint density at radius 3 is 2.47 bits per heavy atom. The van der Waals surface area contributed by atoms with Crippen LogP contribution in [-0.4, -0.2) is 56.9 Å². The first-order valence-electron chi connectivity index (χ1n) is 10.9. The summed E-state index contributed by atoms with van der Waals surface area (Å²) in [4.78, 5) is 7.15. The van der Waals surface area contributed by atoms with Gasteiger partial charge in [0.05, 0.1) is 26.4 Å². The summed E-state index contributed by atoms with van der Waals surface area (Å²) < 4.78 is 11.1. The molecular weight excluding hydrogens is 376 g/mol. The van der Waals surface area contributed by atoms with E-state index in [9.17, 15) is 0 Å². The van der Waals surface area contributed by atoms with Gasteiger partial charge in [0.15, 0.2) is 5.96 Å². The molecule has 1 fully saturated rings. The lowest BCUT2D eigenvalue weighted by Gasteiger charge is -2.26. The van der Waals surface area contributed by atoms with Gasteiger partial charge < -0.3 is 20.1 Å². The lowest BCUT2D eigenvalue weighted by atomic mass is 10.1. The van der Waals surface area contributed by atoms with Gasteiger partial charge in [-0.05, 0) is 36.6 Å². The topological polar surface area (TPSA) is 58.1 Å². The van der Waals surface area contributed by atoms with Crippen molar-refractivity contribution in [3.63, 3.8) is 0 Å². The first-order valence-corrected chi connectivity index (χ1v) is 10.9. The molecule has 0 saturated carbocycles. The summed E-state index contributed by atoms with van der Waals surface area (Å²) in [6.45, 7) is 9.77. The number of hydrogen-bond acceptors (Lipinski definition) is 4. The van der Waals surface area contributed by atoms with Crippen LogP contribution in [0.15, 0.2) is 59.6 Å². The third-order valence-electron chi connectivity index (χ3n) is 4.92. The van der Waals surface area contributed by atoms with Gasteiger partial charge in [0.2, 0.25) is 0 Å². The van der Waals surface area contributed by atoms with E-state index in [4.69, 9.17) is 14.5 Å². The fourth-order valence-electron chi connectivity index (χ4n) is 3.27. The van der Waals surface area contributed by atoms with Crippen LogP contribution in [0.5, 0.6) is 5.75 Å². The largest absolute Gasteiger partial charge is 0.494 e. The minimum Gasteiger partial charge on any atom is -0.494 e. The first-order chi connectivity index (χ1) is 14.8. The van der Waals surface area contributed by atoms with Crippen molar-refractivity contribution in [3.8, 4) is 5.75 Å². The molecule has 30 heavy (non-hydrogen) atoms. The van der Waals surface area contributed by atoms with Gasteiger partial charge in [-0.1, -0.05) is 42.5 Å². The summed E-state index contributed by atoms with van der Waals surface area (Å²) in [5.41, 5.74) is 2.55. The Bertz CT molecular complexity index is 744. The highest BCUT2D eigenvalue weighted by molar-refractivity contribution is 5.79. The van der Waals surface area contributed by atoms with Gasteiger partial charge in [0, 0.05) is 32.7 Å². The zero-order chi connectivity index (χ0) is 20.9. The van der Waals surface area contributed by atoms with E-state index >= 15 is 0 Å². The van der Waals surface area contributed by atoms with Crippen LogP contribution in [0.2, 0.25) is 0 Å². The highest BCUT2D eigenvalue weighted by atomic mass is 16.5. The van der Waals surface area contributed by atoms with Gasteiger partial charge in [0.25, 0.3) is 0 Å². The second-order valence-corrected chi connectivity index (χ2v) is 7.34. The molecule has 0 unspecified atom stereocenters. The summed E-state index contributed by atoms with van der Waals surface area (Å²) in [7, 11) is 0. The molecule has 1 saturated heterocycles. The molecule has 0 spiro atoms. The molecule has 6 nitrogen and oxygen atoms in total. The van der Waals surface area contributed by atoms with Gasteiger partial charge in [-0.2, -0.15) is 0 Å². The molecule has 1 aliphatic heterocycles. The Labute approximate surface area is 180 Å². The van der Waals surface area contributed by atoms with Crippen LogP contribution in [0.1, 0.15) is 24.5 Å². The van der Waals surface area contributed by atoms with Crippen LogP contribution in [0.4, 0.5) is 0 Å². The van der Waals surface area contributed by atoms with Crippen LogP contribution >= 0.6 is 0 Å². The second kappa shape index (κ2) is 12.9. The van der Waals surface area contributed by atoms with Crippen molar-refractivity contribution < 1.29 is 9.47 Å². The maximum atomic E-state index is 5.73. The Hall–Kier alpha value is -2.57. The van der Waals surface area contributed by atoms with Gasteiger partial charge in [-0.15, -0.1) is 0 Å². The average Bonchev–Trinajstić information content (AvgIpc) is 2.79. The van der Waals surface area contributed by atoms with E-state index in [0.717, 1.165) is 64.1 Å². The molecule has 0 amide bonds. The van der Waals surface area contributed by atoms with Crippen molar-refractivity contribution in [1.82, 2.24) is 15.5 Å². The first kappa shape index (κ1) is 22.1. The number of ether oxygens (including phenoxy) is 2. The summed E-state index contributed by atoms with van der Waals surface area (Å²) in [5.74, 6) is 1.75. The molecular formula is C24H34N4O2. The minimum absolute atomic E-state index is 0.660. The summed E-state index contributed by atoms with van der Waals surface area (Å²) >= 11 is 0. The van der Waals surface area contributed by atoms with Gasteiger partial charge in [0.1, 0.15) is 5.75 Å². The quantitative estimate of drug-likeness (QED) is 0.358. The Balaban J connectivity index is 1.39. The predicted octanol–water partition coefficient (Wildman–Crippen LogP) is 3.04. The highest BCUT2D eigenvalue weighted by Gasteiger charge is 2.10. The average molecular weight is 411 g/mol. The lowest BCUT2D eigenvalue weighted by Crippen LogP contribution is -2.38. The maximum Gasteiger partial charge on any atom is 0.191 e. The molecule has 162 valence electrons. The van der Waals surface area contributed by atoms with Crippen molar-refractivity contribution >= 4 is 5.96 Å². The normalized spacial score (nSPS) is 15.0. The molecule has 1 heterocycles. The van der Waals surface area contributed by atoms with Crippen LogP contribution in [0, 0.1) is 0 Å². The number of hydrogen-bond donors (Lipinski definition) is 2. The van der Waals surface area contributed by atoms with E-state index in [1.54, 1.807) is 0 Å².